The number of para-hydroxylation sites is 1. The lowest BCUT2D eigenvalue weighted by Gasteiger charge is -2.17. The second kappa shape index (κ2) is 6.45. The molecule has 1 fully saturated rings. The van der Waals surface area contributed by atoms with Crippen molar-refractivity contribution in [1.29, 1.82) is 0 Å². The van der Waals surface area contributed by atoms with Crippen LogP contribution in [0.2, 0.25) is 0 Å². The number of nitrogens with one attached hydrogen (secondary N) is 1. The highest BCUT2D eigenvalue weighted by Gasteiger charge is 2.42. The summed E-state index contributed by atoms with van der Waals surface area (Å²) < 4.78 is 1.57. The van der Waals surface area contributed by atoms with E-state index in [9.17, 15) is 9.59 Å². The van der Waals surface area contributed by atoms with Gasteiger partial charge < -0.3 is 9.88 Å². The van der Waals surface area contributed by atoms with Crippen LogP contribution in [0.4, 0.5) is 0 Å². The number of hydrogen-bond acceptors (Lipinski definition) is 2. The third-order valence-corrected chi connectivity index (χ3v) is 5.40. The average molecular weight is 346 g/mol. The Labute approximate surface area is 152 Å². The smallest absolute Gasteiger partial charge is 0.252 e. The Morgan fingerprint density at radius 1 is 1.08 bits per heavy atom. The highest BCUT2D eigenvalue weighted by molar-refractivity contribution is 6.06. The molecule has 1 heterocycles. The Balaban J connectivity index is 1.54. The van der Waals surface area contributed by atoms with Gasteiger partial charge in [-0.3, -0.25) is 9.59 Å². The minimum Gasteiger partial charge on any atom is -0.351 e. The molecule has 4 heteroatoms. The lowest BCUT2D eigenvalue weighted by molar-refractivity contribution is 0.0946. The Morgan fingerprint density at radius 3 is 2.50 bits per heavy atom. The van der Waals surface area contributed by atoms with Crippen LogP contribution in [0.5, 0.6) is 0 Å². The monoisotopic (exact) mass is 346 g/mol. The molecule has 0 bridgehead atoms. The van der Waals surface area contributed by atoms with Crippen molar-refractivity contribution >= 4 is 16.8 Å². The van der Waals surface area contributed by atoms with E-state index in [0.717, 1.165) is 30.2 Å². The van der Waals surface area contributed by atoms with Gasteiger partial charge in [-0.05, 0) is 36.3 Å². The summed E-state index contributed by atoms with van der Waals surface area (Å²) in [7, 11) is 1.73. The van der Waals surface area contributed by atoms with Gasteiger partial charge in [0.05, 0.1) is 11.1 Å². The number of hydrogen-bond donors (Lipinski definition) is 1. The SMILES string of the molecule is Cn1c(=O)cc(C(=O)NCC2(Cc3ccccc3)CC2)c2ccccc21. The van der Waals surface area contributed by atoms with E-state index in [-0.39, 0.29) is 16.9 Å². The fraction of sp³-hybridized carbons (Fsp3) is 0.273. The summed E-state index contributed by atoms with van der Waals surface area (Å²) in [5.41, 5.74) is 2.53. The second-order valence-electron chi connectivity index (χ2n) is 7.32. The number of carbonyl (C=O) groups is 1. The van der Waals surface area contributed by atoms with Crippen LogP contribution in [0.1, 0.15) is 28.8 Å². The summed E-state index contributed by atoms with van der Waals surface area (Å²) in [5.74, 6) is -0.168. The fourth-order valence-electron chi connectivity index (χ4n) is 3.58. The number of aromatic nitrogens is 1. The van der Waals surface area contributed by atoms with Gasteiger partial charge in [-0.25, -0.2) is 0 Å². The van der Waals surface area contributed by atoms with Crippen LogP contribution in [0.3, 0.4) is 0 Å². The maximum absolute atomic E-state index is 12.8. The summed E-state index contributed by atoms with van der Waals surface area (Å²) >= 11 is 0. The molecule has 1 aromatic heterocycles. The maximum Gasteiger partial charge on any atom is 0.252 e. The third-order valence-electron chi connectivity index (χ3n) is 5.40. The standard InChI is InChI=1S/C22H22N2O2/c1-24-19-10-6-5-9-17(19)18(13-20(24)25)21(26)23-15-22(11-12-22)14-16-7-3-2-4-8-16/h2-10,13H,11-12,14-15H2,1H3,(H,23,26). The van der Waals surface area contributed by atoms with Crippen LogP contribution in [0.15, 0.2) is 65.5 Å². The quantitative estimate of drug-likeness (QED) is 0.771. The van der Waals surface area contributed by atoms with E-state index in [1.807, 2.05) is 30.3 Å². The van der Waals surface area contributed by atoms with Crippen molar-refractivity contribution in [2.24, 2.45) is 12.5 Å². The molecule has 0 atom stereocenters. The molecule has 4 rings (SSSR count). The van der Waals surface area contributed by atoms with Gasteiger partial charge in [0, 0.05) is 25.0 Å². The van der Waals surface area contributed by atoms with Crippen molar-refractivity contribution in [3.63, 3.8) is 0 Å². The fourth-order valence-corrected chi connectivity index (χ4v) is 3.58. The number of aryl methyl sites for hydroxylation is 1. The highest BCUT2D eigenvalue weighted by Crippen LogP contribution is 2.47. The first kappa shape index (κ1) is 16.6. The summed E-state index contributed by atoms with van der Waals surface area (Å²) in [6.45, 7) is 0.643. The van der Waals surface area contributed by atoms with Gasteiger partial charge >= 0.3 is 0 Å². The average Bonchev–Trinajstić information content (AvgIpc) is 3.43. The molecule has 4 nitrogen and oxygen atoms in total. The van der Waals surface area contributed by atoms with Gasteiger partial charge in [0.1, 0.15) is 0 Å². The summed E-state index contributed by atoms with van der Waals surface area (Å²) in [6, 6.07) is 19.4. The van der Waals surface area contributed by atoms with Gasteiger partial charge in [0.2, 0.25) is 0 Å². The topological polar surface area (TPSA) is 51.1 Å². The first-order chi connectivity index (χ1) is 12.6. The summed E-state index contributed by atoms with van der Waals surface area (Å²) in [4.78, 5) is 25.0. The van der Waals surface area contributed by atoms with Gasteiger partial charge in [-0.1, -0.05) is 48.5 Å². The molecule has 1 aliphatic rings. The molecule has 0 radical (unpaired) electrons. The number of carbonyl (C=O) groups excluding carboxylic acids is 1. The minimum absolute atomic E-state index is 0.159. The van der Waals surface area contributed by atoms with Crippen molar-refractivity contribution in [3.8, 4) is 0 Å². The van der Waals surface area contributed by atoms with Crippen molar-refractivity contribution in [1.82, 2.24) is 9.88 Å². The molecule has 1 saturated carbocycles. The normalized spacial score (nSPS) is 15.0. The molecule has 0 saturated heterocycles. The number of pyridine rings is 1. The zero-order chi connectivity index (χ0) is 18.1. The minimum atomic E-state index is -0.168. The van der Waals surface area contributed by atoms with Crippen LogP contribution < -0.4 is 10.9 Å². The number of amides is 1. The van der Waals surface area contributed by atoms with Crippen LogP contribution >= 0.6 is 0 Å². The number of benzene rings is 2. The first-order valence-electron chi connectivity index (χ1n) is 8.99. The van der Waals surface area contributed by atoms with E-state index in [4.69, 9.17) is 0 Å². The van der Waals surface area contributed by atoms with E-state index < -0.39 is 0 Å². The Hall–Kier alpha value is -2.88. The van der Waals surface area contributed by atoms with Crippen molar-refractivity contribution in [2.75, 3.05) is 6.54 Å². The molecule has 132 valence electrons. The van der Waals surface area contributed by atoms with Crippen LogP contribution in [0, 0.1) is 5.41 Å². The van der Waals surface area contributed by atoms with Crippen molar-refractivity contribution in [2.45, 2.75) is 19.3 Å². The van der Waals surface area contributed by atoms with Gasteiger partial charge in [-0.15, -0.1) is 0 Å². The van der Waals surface area contributed by atoms with Crippen LogP contribution in [-0.2, 0) is 13.5 Å². The molecule has 1 aliphatic carbocycles. The predicted octanol–water partition coefficient (Wildman–Crippen LogP) is 3.29. The van der Waals surface area contributed by atoms with Crippen LogP contribution in [-0.4, -0.2) is 17.0 Å². The predicted molar refractivity (Wildman–Crippen MR) is 103 cm³/mol. The van der Waals surface area contributed by atoms with E-state index >= 15 is 0 Å². The van der Waals surface area contributed by atoms with E-state index in [2.05, 4.69) is 29.6 Å². The van der Waals surface area contributed by atoms with E-state index in [0.29, 0.717) is 12.1 Å². The molecule has 0 spiro atoms. The zero-order valence-corrected chi connectivity index (χ0v) is 14.9. The highest BCUT2D eigenvalue weighted by atomic mass is 16.2. The number of rotatable bonds is 5. The van der Waals surface area contributed by atoms with E-state index in [1.165, 1.54) is 11.6 Å². The lowest BCUT2D eigenvalue weighted by atomic mass is 9.96. The molecule has 26 heavy (non-hydrogen) atoms. The lowest BCUT2D eigenvalue weighted by Crippen LogP contribution is -2.32. The Bertz CT molecular complexity index is 1020. The molecule has 1 N–H and O–H groups in total. The summed E-state index contributed by atoms with van der Waals surface area (Å²) in [5, 5.41) is 3.88. The van der Waals surface area contributed by atoms with Crippen LogP contribution in [0.25, 0.3) is 10.9 Å². The Morgan fingerprint density at radius 2 is 1.77 bits per heavy atom. The molecule has 0 aliphatic heterocycles. The molecule has 1 amide bonds. The van der Waals surface area contributed by atoms with Gasteiger partial charge in [0.15, 0.2) is 0 Å². The van der Waals surface area contributed by atoms with Gasteiger partial charge in [0.25, 0.3) is 11.5 Å². The molecule has 0 unspecified atom stereocenters. The zero-order valence-electron chi connectivity index (χ0n) is 14.9. The number of nitrogens with zero attached hydrogens (tertiary/aromatic N) is 1. The van der Waals surface area contributed by atoms with E-state index in [1.54, 1.807) is 11.6 Å². The molecule has 2 aromatic carbocycles. The third kappa shape index (κ3) is 3.15. The summed E-state index contributed by atoms with van der Waals surface area (Å²) in [6.07, 6.45) is 3.23. The maximum atomic E-state index is 12.8. The Kier molecular flexibility index (Phi) is 4.11. The first-order valence-corrected chi connectivity index (χ1v) is 8.99. The number of fused-ring (bicyclic) bond motifs is 1. The largest absolute Gasteiger partial charge is 0.351 e. The second-order valence-corrected chi connectivity index (χ2v) is 7.32. The molecular formula is C22H22N2O2. The van der Waals surface area contributed by atoms with Crippen molar-refractivity contribution < 1.29 is 4.79 Å². The van der Waals surface area contributed by atoms with Crippen molar-refractivity contribution in [3.05, 3.63) is 82.1 Å². The molecule has 3 aromatic rings. The molecular weight excluding hydrogens is 324 g/mol. The van der Waals surface area contributed by atoms with Gasteiger partial charge in [-0.2, -0.15) is 0 Å².